The average molecular weight is 213 g/mol. The van der Waals surface area contributed by atoms with Crippen LogP contribution in [0.1, 0.15) is 25.0 Å². The molecule has 1 aromatic carbocycles. The minimum atomic E-state index is 0.723. The molecule has 0 atom stereocenters. The van der Waals surface area contributed by atoms with Gasteiger partial charge in [0, 0.05) is 12.7 Å². The fraction of sp³-hybridized carbons (Fsp3) is 0.333. The Bertz CT molecular complexity index is 396. The molecule has 0 bridgehead atoms. The van der Waals surface area contributed by atoms with Crippen molar-refractivity contribution in [2.75, 3.05) is 6.54 Å². The Morgan fingerprint density at radius 1 is 1.19 bits per heavy atom. The Kier molecular flexibility index (Phi) is 3.45. The van der Waals surface area contributed by atoms with Crippen molar-refractivity contribution in [2.24, 2.45) is 5.92 Å². The molecule has 84 valence electrons. The predicted molar refractivity (Wildman–Crippen MR) is 70.1 cm³/mol. The molecule has 1 heterocycles. The molecule has 16 heavy (non-hydrogen) atoms. The topological polar surface area (TPSA) is 12.0 Å². The van der Waals surface area contributed by atoms with E-state index >= 15 is 0 Å². The van der Waals surface area contributed by atoms with Gasteiger partial charge in [-0.15, -0.1) is 0 Å². The molecule has 0 spiro atoms. The molecule has 1 aliphatic rings. The maximum absolute atomic E-state index is 3.23. The largest absolute Gasteiger partial charge is 0.387 e. The molecule has 1 heteroatoms. The van der Waals surface area contributed by atoms with Crippen LogP contribution in [-0.4, -0.2) is 6.54 Å². The summed E-state index contributed by atoms with van der Waals surface area (Å²) < 4.78 is 0. The summed E-state index contributed by atoms with van der Waals surface area (Å²) >= 11 is 0. The van der Waals surface area contributed by atoms with E-state index in [1.165, 1.54) is 16.7 Å². The number of nitrogens with one attached hydrogen (secondary N) is 1. The highest BCUT2D eigenvalue weighted by Gasteiger charge is 2.02. The van der Waals surface area contributed by atoms with Crippen LogP contribution in [0.15, 0.2) is 42.6 Å². The fourth-order valence-electron chi connectivity index (χ4n) is 1.96. The second-order valence-corrected chi connectivity index (χ2v) is 4.71. The van der Waals surface area contributed by atoms with E-state index in [0.29, 0.717) is 0 Å². The Balaban J connectivity index is 2.13. The third-order valence-electron chi connectivity index (χ3n) is 2.72. The van der Waals surface area contributed by atoms with E-state index in [-0.39, 0.29) is 0 Å². The Labute approximate surface area is 97.9 Å². The molecular weight excluding hydrogens is 194 g/mol. The average Bonchev–Trinajstić information content (AvgIpc) is 2.30. The van der Waals surface area contributed by atoms with E-state index in [0.717, 1.165) is 18.9 Å². The lowest BCUT2D eigenvalue weighted by Crippen LogP contribution is -2.08. The van der Waals surface area contributed by atoms with Crippen LogP contribution < -0.4 is 5.32 Å². The molecule has 2 rings (SSSR count). The van der Waals surface area contributed by atoms with Crippen LogP contribution in [0.3, 0.4) is 0 Å². The lowest BCUT2D eigenvalue weighted by atomic mass is 9.99. The summed E-state index contributed by atoms with van der Waals surface area (Å²) in [6, 6.07) is 8.89. The predicted octanol–water partition coefficient (Wildman–Crippen LogP) is 3.39. The van der Waals surface area contributed by atoms with Crippen LogP contribution in [0.2, 0.25) is 0 Å². The van der Waals surface area contributed by atoms with Crippen molar-refractivity contribution in [3.8, 4) is 0 Å². The van der Waals surface area contributed by atoms with E-state index in [9.17, 15) is 0 Å². The second-order valence-electron chi connectivity index (χ2n) is 4.71. The van der Waals surface area contributed by atoms with E-state index in [2.05, 4.69) is 61.8 Å². The summed E-state index contributed by atoms with van der Waals surface area (Å²) in [7, 11) is 0. The highest BCUT2D eigenvalue weighted by atomic mass is 14.8. The zero-order valence-corrected chi connectivity index (χ0v) is 10.0. The highest BCUT2D eigenvalue weighted by Crippen LogP contribution is 2.18. The number of allylic oxidation sites excluding steroid dienone is 2. The molecular formula is C15H19N. The first-order valence-electron chi connectivity index (χ1n) is 5.95. The molecule has 0 aliphatic carbocycles. The van der Waals surface area contributed by atoms with Gasteiger partial charge in [0.15, 0.2) is 0 Å². The molecule has 0 saturated heterocycles. The molecule has 0 radical (unpaired) electrons. The first-order chi connectivity index (χ1) is 7.75. The van der Waals surface area contributed by atoms with Gasteiger partial charge in [-0.05, 0) is 29.0 Å². The van der Waals surface area contributed by atoms with E-state index in [1.807, 2.05) is 0 Å². The number of rotatable bonds is 3. The molecule has 1 N–H and O–H groups in total. The van der Waals surface area contributed by atoms with E-state index < -0.39 is 0 Å². The lowest BCUT2D eigenvalue weighted by molar-refractivity contribution is 0.647. The third-order valence-corrected chi connectivity index (χ3v) is 2.72. The first kappa shape index (κ1) is 11.0. The molecule has 0 aromatic heterocycles. The van der Waals surface area contributed by atoms with Crippen LogP contribution in [0.25, 0.3) is 5.57 Å². The van der Waals surface area contributed by atoms with Crippen molar-refractivity contribution in [1.29, 1.82) is 0 Å². The third kappa shape index (κ3) is 2.75. The first-order valence-corrected chi connectivity index (χ1v) is 5.95. The maximum Gasteiger partial charge on any atom is 0.0328 e. The summed E-state index contributed by atoms with van der Waals surface area (Å²) in [6.07, 6.45) is 7.57. The SMILES string of the molecule is CC(C)Cc1ccc(C2=CNCC=C2)cc1. The lowest BCUT2D eigenvalue weighted by Gasteiger charge is -2.10. The second kappa shape index (κ2) is 5.02. The molecule has 1 aromatic rings. The van der Waals surface area contributed by atoms with Crippen molar-refractivity contribution < 1.29 is 0 Å². The van der Waals surface area contributed by atoms with E-state index in [4.69, 9.17) is 0 Å². The Morgan fingerprint density at radius 2 is 1.94 bits per heavy atom. The van der Waals surface area contributed by atoms with Crippen molar-refractivity contribution >= 4 is 5.57 Å². The Hall–Kier alpha value is -1.50. The zero-order chi connectivity index (χ0) is 11.4. The number of hydrogen-bond acceptors (Lipinski definition) is 1. The monoisotopic (exact) mass is 213 g/mol. The summed E-state index contributed by atoms with van der Waals surface area (Å²) in [4.78, 5) is 0. The normalized spacial score (nSPS) is 14.8. The van der Waals surface area contributed by atoms with Crippen molar-refractivity contribution in [1.82, 2.24) is 5.32 Å². The summed E-state index contributed by atoms with van der Waals surface area (Å²) in [6.45, 7) is 5.45. The van der Waals surface area contributed by atoms with Crippen LogP contribution in [0.5, 0.6) is 0 Å². The highest BCUT2D eigenvalue weighted by molar-refractivity contribution is 5.74. The van der Waals surface area contributed by atoms with Crippen LogP contribution in [-0.2, 0) is 6.42 Å². The number of dihydropyridines is 1. The van der Waals surface area contributed by atoms with Gasteiger partial charge in [0.25, 0.3) is 0 Å². The van der Waals surface area contributed by atoms with Crippen LogP contribution >= 0.6 is 0 Å². The molecule has 0 saturated carbocycles. The Morgan fingerprint density at radius 3 is 2.50 bits per heavy atom. The minimum Gasteiger partial charge on any atom is -0.387 e. The smallest absolute Gasteiger partial charge is 0.0328 e. The number of benzene rings is 1. The number of hydrogen-bond donors (Lipinski definition) is 1. The van der Waals surface area contributed by atoms with E-state index in [1.54, 1.807) is 0 Å². The van der Waals surface area contributed by atoms with Crippen LogP contribution in [0, 0.1) is 5.92 Å². The summed E-state index contributed by atoms with van der Waals surface area (Å²) in [5.41, 5.74) is 3.98. The van der Waals surface area contributed by atoms with Gasteiger partial charge in [-0.25, -0.2) is 0 Å². The zero-order valence-electron chi connectivity index (χ0n) is 10.0. The van der Waals surface area contributed by atoms with Gasteiger partial charge in [0.05, 0.1) is 0 Å². The van der Waals surface area contributed by atoms with Crippen molar-refractivity contribution in [3.63, 3.8) is 0 Å². The van der Waals surface area contributed by atoms with Crippen LogP contribution in [0.4, 0.5) is 0 Å². The van der Waals surface area contributed by atoms with Gasteiger partial charge < -0.3 is 5.32 Å². The molecule has 0 unspecified atom stereocenters. The fourth-order valence-corrected chi connectivity index (χ4v) is 1.96. The van der Waals surface area contributed by atoms with Gasteiger partial charge >= 0.3 is 0 Å². The van der Waals surface area contributed by atoms with Gasteiger partial charge in [0.2, 0.25) is 0 Å². The van der Waals surface area contributed by atoms with Gasteiger partial charge in [-0.2, -0.15) is 0 Å². The quantitative estimate of drug-likeness (QED) is 0.811. The molecule has 1 nitrogen and oxygen atoms in total. The molecule has 0 amide bonds. The standard InChI is InChI=1S/C15H19N/c1-12(2)10-13-5-7-14(8-6-13)15-4-3-9-16-11-15/h3-8,11-12,16H,9-10H2,1-2H3. The van der Waals surface area contributed by atoms with Gasteiger partial charge in [0.1, 0.15) is 0 Å². The minimum absolute atomic E-state index is 0.723. The van der Waals surface area contributed by atoms with Crippen molar-refractivity contribution in [2.45, 2.75) is 20.3 Å². The molecule has 0 fully saturated rings. The van der Waals surface area contributed by atoms with Gasteiger partial charge in [-0.3, -0.25) is 0 Å². The van der Waals surface area contributed by atoms with Crippen molar-refractivity contribution in [3.05, 3.63) is 53.7 Å². The maximum atomic E-state index is 3.23. The summed E-state index contributed by atoms with van der Waals surface area (Å²) in [5.74, 6) is 0.723. The summed E-state index contributed by atoms with van der Waals surface area (Å²) in [5, 5.41) is 3.23. The molecule has 1 aliphatic heterocycles. The van der Waals surface area contributed by atoms with Gasteiger partial charge in [-0.1, -0.05) is 50.3 Å².